The van der Waals surface area contributed by atoms with Gasteiger partial charge in [-0.2, -0.15) is 17.6 Å². The Hall–Kier alpha value is -0.610. The maximum Gasteiger partial charge on any atom is 0.445 e. The van der Waals surface area contributed by atoms with Gasteiger partial charge in [-0.1, -0.05) is 45.4 Å². The average molecular weight is 366 g/mol. The monoisotopic (exact) mass is 366 g/mol. The van der Waals surface area contributed by atoms with Gasteiger partial charge in [0.2, 0.25) is 5.83 Å². The van der Waals surface area contributed by atoms with Crippen molar-refractivity contribution < 1.29 is 22.0 Å². The van der Waals surface area contributed by atoms with Crippen LogP contribution in [0.1, 0.15) is 84.0 Å². The minimum absolute atomic E-state index is 0.344. The van der Waals surface area contributed by atoms with Gasteiger partial charge in [0.1, 0.15) is 5.83 Å². The summed E-state index contributed by atoms with van der Waals surface area (Å²) in [7, 11) is 0. The van der Waals surface area contributed by atoms with E-state index in [-0.39, 0.29) is 0 Å². The van der Waals surface area contributed by atoms with Crippen molar-refractivity contribution in [3.63, 3.8) is 0 Å². The van der Waals surface area contributed by atoms with Crippen LogP contribution < -0.4 is 0 Å². The van der Waals surface area contributed by atoms with E-state index in [0.717, 1.165) is 18.8 Å². The predicted octanol–water partition coefficient (Wildman–Crippen LogP) is 7.89. The van der Waals surface area contributed by atoms with Crippen LogP contribution in [0.3, 0.4) is 0 Å². The number of unbranched alkanes of at least 4 members (excludes halogenated alkanes) is 2. The zero-order valence-electron chi connectivity index (χ0n) is 15.2. The van der Waals surface area contributed by atoms with Gasteiger partial charge in [-0.15, -0.1) is 0 Å². The molecule has 0 N–H and O–H groups in total. The molecule has 0 amide bonds. The first-order valence-corrected chi connectivity index (χ1v) is 9.95. The lowest BCUT2D eigenvalue weighted by atomic mass is 9.68. The molecule has 0 nitrogen and oxygen atoms in total. The molecule has 0 saturated heterocycles. The molecule has 0 aliphatic heterocycles. The molecule has 0 heterocycles. The van der Waals surface area contributed by atoms with Crippen molar-refractivity contribution in [1.82, 2.24) is 0 Å². The Kier molecular flexibility index (Phi) is 7.75. The van der Waals surface area contributed by atoms with E-state index in [2.05, 4.69) is 6.92 Å². The van der Waals surface area contributed by atoms with E-state index < -0.39 is 23.7 Å². The van der Waals surface area contributed by atoms with Crippen molar-refractivity contribution >= 4 is 0 Å². The van der Waals surface area contributed by atoms with Crippen LogP contribution in [0.2, 0.25) is 0 Å². The number of halogens is 5. The van der Waals surface area contributed by atoms with E-state index in [0.29, 0.717) is 24.7 Å². The fourth-order valence-electron chi connectivity index (χ4n) is 4.79. The summed E-state index contributed by atoms with van der Waals surface area (Å²) in [4.78, 5) is 0. The standard InChI is InChI=1S/C20H31F5/c1-2-3-4-5-14-6-8-15(9-7-14)16-10-12-17(13-11-16)18(21)19(22)20(23,24)25/h14-17H,2-13H2,1H3. The third-order valence-electron chi connectivity index (χ3n) is 6.36. The third kappa shape index (κ3) is 5.96. The molecular weight excluding hydrogens is 335 g/mol. The van der Waals surface area contributed by atoms with Crippen LogP contribution in [0.4, 0.5) is 22.0 Å². The zero-order chi connectivity index (χ0) is 18.4. The van der Waals surface area contributed by atoms with Crippen molar-refractivity contribution in [3.05, 3.63) is 11.7 Å². The van der Waals surface area contributed by atoms with Crippen LogP contribution in [0.15, 0.2) is 11.7 Å². The molecule has 2 rings (SSSR count). The molecule has 0 aromatic heterocycles. The fourth-order valence-corrected chi connectivity index (χ4v) is 4.79. The predicted molar refractivity (Wildman–Crippen MR) is 90.3 cm³/mol. The van der Waals surface area contributed by atoms with Crippen LogP contribution in [0.25, 0.3) is 0 Å². The molecule has 25 heavy (non-hydrogen) atoms. The Labute approximate surface area is 148 Å². The Morgan fingerprint density at radius 2 is 1.32 bits per heavy atom. The molecule has 0 aromatic rings. The molecule has 0 aromatic carbocycles. The van der Waals surface area contributed by atoms with Crippen molar-refractivity contribution in [3.8, 4) is 0 Å². The molecular formula is C20H31F5. The van der Waals surface area contributed by atoms with Crippen LogP contribution in [-0.4, -0.2) is 6.18 Å². The molecule has 2 fully saturated rings. The average Bonchev–Trinajstić information content (AvgIpc) is 2.61. The maximum absolute atomic E-state index is 13.7. The van der Waals surface area contributed by atoms with Gasteiger partial charge in [-0.3, -0.25) is 0 Å². The largest absolute Gasteiger partial charge is 0.445 e. The molecule has 2 aliphatic rings. The molecule has 0 unspecified atom stereocenters. The lowest BCUT2D eigenvalue weighted by Crippen LogP contribution is -2.26. The Balaban J connectivity index is 1.76. The molecule has 2 aliphatic carbocycles. The quantitative estimate of drug-likeness (QED) is 0.331. The second-order valence-electron chi connectivity index (χ2n) is 8.05. The van der Waals surface area contributed by atoms with Crippen LogP contribution in [-0.2, 0) is 0 Å². The van der Waals surface area contributed by atoms with E-state index in [4.69, 9.17) is 0 Å². The van der Waals surface area contributed by atoms with Gasteiger partial charge in [-0.25, -0.2) is 4.39 Å². The van der Waals surface area contributed by atoms with Gasteiger partial charge in [0.25, 0.3) is 0 Å². The van der Waals surface area contributed by atoms with Gasteiger partial charge in [-0.05, 0) is 56.3 Å². The summed E-state index contributed by atoms with van der Waals surface area (Å²) in [5, 5.41) is 0. The van der Waals surface area contributed by atoms with Crippen molar-refractivity contribution in [2.75, 3.05) is 0 Å². The van der Waals surface area contributed by atoms with E-state index in [9.17, 15) is 22.0 Å². The van der Waals surface area contributed by atoms with Gasteiger partial charge in [0, 0.05) is 5.92 Å². The normalized spacial score (nSPS) is 32.4. The summed E-state index contributed by atoms with van der Waals surface area (Å²) in [5.74, 6) is -3.05. The Bertz CT molecular complexity index is 424. The number of hydrogen-bond donors (Lipinski definition) is 0. The smallest absolute Gasteiger partial charge is 0.208 e. The summed E-state index contributed by atoms with van der Waals surface area (Å²) in [6.07, 6.45) is 7.04. The highest BCUT2D eigenvalue weighted by Gasteiger charge is 2.41. The highest BCUT2D eigenvalue weighted by Crippen LogP contribution is 2.45. The highest BCUT2D eigenvalue weighted by atomic mass is 19.4. The summed E-state index contributed by atoms with van der Waals surface area (Å²) in [5.41, 5.74) is 0. The Morgan fingerprint density at radius 3 is 1.80 bits per heavy atom. The minimum Gasteiger partial charge on any atom is -0.208 e. The molecule has 0 atom stereocenters. The number of allylic oxidation sites excluding steroid dienone is 2. The maximum atomic E-state index is 13.7. The van der Waals surface area contributed by atoms with Crippen molar-refractivity contribution in [2.45, 2.75) is 90.1 Å². The second-order valence-corrected chi connectivity index (χ2v) is 8.05. The molecule has 0 spiro atoms. The van der Waals surface area contributed by atoms with E-state index in [1.807, 2.05) is 0 Å². The minimum atomic E-state index is -5.20. The molecule has 0 radical (unpaired) electrons. The van der Waals surface area contributed by atoms with Gasteiger partial charge < -0.3 is 0 Å². The summed E-state index contributed by atoms with van der Waals surface area (Å²) in [6, 6.07) is 0. The SMILES string of the molecule is CCCCCC1CCC(C2CCC(C(F)=C(F)C(F)(F)F)CC2)CC1. The second kappa shape index (κ2) is 9.36. The summed E-state index contributed by atoms with van der Waals surface area (Å²) < 4.78 is 63.7. The number of hydrogen-bond acceptors (Lipinski definition) is 0. The number of alkyl halides is 3. The van der Waals surface area contributed by atoms with Crippen LogP contribution in [0, 0.1) is 23.7 Å². The summed E-state index contributed by atoms with van der Waals surface area (Å²) >= 11 is 0. The van der Waals surface area contributed by atoms with Gasteiger partial charge in [0.15, 0.2) is 0 Å². The molecule has 0 bridgehead atoms. The highest BCUT2D eigenvalue weighted by molar-refractivity contribution is 5.10. The first-order valence-electron chi connectivity index (χ1n) is 9.95. The van der Waals surface area contributed by atoms with E-state index >= 15 is 0 Å². The van der Waals surface area contributed by atoms with Crippen molar-refractivity contribution in [1.29, 1.82) is 0 Å². The van der Waals surface area contributed by atoms with Crippen LogP contribution >= 0.6 is 0 Å². The van der Waals surface area contributed by atoms with Gasteiger partial charge >= 0.3 is 6.18 Å². The zero-order valence-corrected chi connectivity index (χ0v) is 15.2. The third-order valence-corrected chi connectivity index (χ3v) is 6.36. The molecule has 146 valence electrons. The van der Waals surface area contributed by atoms with Crippen molar-refractivity contribution in [2.24, 2.45) is 23.7 Å². The first-order chi connectivity index (χ1) is 11.8. The lowest BCUT2D eigenvalue weighted by molar-refractivity contribution is -0.112. The fraction of sp³-hybridized carbons (Fsp3) is 0.900. The Morgan fingerprint density at radius 1 is 0.800 bits per heavy atom. The number of rotatable bonds is 6. The van der Waals surface area contributed by atoms with E-state index in [1.165, 1.54) is 51.4 Å². The summed E-state index contributed by atoms with van der Waals surface area (Å²) in [6.45, 7) is 2.21. The van der Waals surface area contributed by atoms with Gasteiger partial charge in [0.05, 0.1) is 0 Å². The van der Waals surface area contributed by atoms with Crippen LogP contribution in [0.5, 0.6) is 0 Å². The van der Waals surface area contributed by atoms with E-state index in [1.54, 1.807) is 0 Å². The topological polar surface area (TPSA) is 0 Å². The molecule has 2 saturated carbocycles. The molecule has 5 heteroatoms. The first kappa shape index (κ1) is 20.7. The lowest BCUT2D eigenvalue weighted by Gasteiger charge is -2.37.